The van der Waals surface area contributed by atoms with Crippen LogP contribution < -0.4 is 0 Å². The molecule has 1 fully saturated rings. The minimum Gasteiger partial charge on any atom is -0.372 e. The molecule has 172 valence electrons. The van der Waals surface area contributed by atoms with E-state index in [1.54, 1.807) is 0 Å². The van der Waals surface area contributed by atoms with E-state index in [1.807, 2.05) is 67.5 Å². The van der Waals surface area contributed by atoms with Gasteiger partial charge in [0.25, 0.3) is 5.91 Å². The summed E-state index contributed by atoms with van der Waals surface area (Å²) in [4.78, 5) is 15.1. The molecule has 3 heterocycles. The Labute approximate surface area is 191 Å². The number of carbonyl (C=O) groups excluding carboxylic acids is 1. The van der Waals surface area contributed by atoms with E-state index in [9.17, 15) is 9.18 Å². The zero-order valence-electron chi connectivity index (χ0n) is 19.4. The van der Waals surface area contributed by atoms with E-state index < -0.39 is 6.67 Å². The third-order valence-corrected chi connectivity index (χ3v) is 6.45. The molecule has 6 nitrogen and oxygen atoms in total. The number of nitrogens with zero attached hydrogens (tertiary/aromatic N) is 3. The highest BCUT2D eigenvalue weighted by Crippen LogP contribution is 2.35. The fourth-order valence-corrected chi connectivity index (χ4v) is 5.13. The number of aryl methyl sites for hydroxylation is 3. The lowest BCUT2D eigenvalue weighted by molar-refractivity contribution is -0.0586. The Kier molecular flexibility index (Phi) is 5.44. The molecule has 1 aliphatic rings. The Morgan fingerprint density at radius 1 is 1.06 bits per heavy atom. The first-order chi connectivity index (χ1) is 15.9. The Bertz CT molecular complexity index is 1330. The standard InChI is InChI=1S/C26H28FN3O3/c1-15-13-29(14-16(2)32-15)26(31)20-6-8-23-22(11-20)21-7-5-19(12-24(21)30(23)10-9-27)25-17(3)28-33-18(25)4/h5-8,11-12,15-16H,9-10,13-14H2,1-4H3/t15-,16+. The average molecular weight is 450 g/mol. The van der Waals surface area contributed by atoms with Crippen LogP contribution in [0.25, 0.3) is 32.9 Å². The first-order valence-electron chi connectivity index (χ1n) is 11.4. The van der Waals surface area contributed by atoms with Gasteiger partial charge in [-0.15, -0.1) is 0 Å². The number of alkyl halides is 1. The molecule has 0 saturated carbocycles. The first kappa shape index (κ1) is 21.6. The van der Waals surface area contributed by atoms with Crippen LogP contribution in [0.1, 0.15) is 35.7 Å². The van der Waals surface area contributed by atoms with Crippen molar-refractivity contribution in [1.29, 1.82) is 0 Å². The van der Waals surface area contributed by atoms with Gasteiger partial charge in [0.1, 0.15) is 12.4 Å². The lowest BCUT2D eigenvalue weighted by atomic mass is 10.0. The molecule has 1 amide bonds. The van der Waals surface area contributed by atoms with Crippen LogP contribution in [0.15, 0.2) is 40.9 Å². The molecule has 0 unspecified atom stereocenters. The largest absolute Gasteiger partial charge is 0.372 e. The fourth-order valence-electron chi connectivity index (χ4n) is 5.13. The van der Waals surface area contributed by atoms with Gasteiger partial charge in [-0.3, -0.25) is 4.79 Å². The van der Waals surface area contributed by atoms with E-state index in [2.05, 4.69) is 11.2 Å². The Morgan fingerprint density at radius 2 is 1.82 bits per heavy atom. The Hall–Kier alpha value is -3.19. The molecule has 33 heavy (non-hydrogen) atoms. The van der Waals surface area contributed by atoms with Crippen LogP contribution in [0, 0.1) is 13.8 Å². The maximum atomic E-state index is 13.5. The fraction of sp³-hybridized carbons (Fsp3) is 0.385. The highest BCUT2D eigenvalue weighted by Gasteiger charge is 2.27. The molecule has 0 bridgehead atoms. The molecule has 0 aliphatic carbocycles. The van der Waals surface area contributed by atoms with Crippen LogP contribution in [-0.4, -0.2) is 52.5 Å². The lowest BCUT2D eigenvalue weighted by Crippen LogP contribution is -2.48. The number of benzene rings is 2. The van der Waals surface area contributed by atoms with E-state index in [4.69, 9.17) is 9.26 Å². The van der Waals surface area contributed by atoms with Gasteiger partial charge in [-0.25, -0.2) is 4.39 Å². The van der Waals surface area contributed by atoms with Gasteiger partial charge < -0.3 is 18.7 Å². The summed E-state index contributed by atoms with van der Waals surface area (Å²) in [6.07, 6.45) is 0.0197. The summed E-state index contributed by atoms with van der Waals surface area (Å²) in [7, 11) is 0. The van der Waals surface area contributed by atoms with Crippen molar-refractivity contribution in [2.24, 2.45) is 0 Å². The van der Waals surface area contributed by atoms with Crippen LogP contribution in [0.2, 0.25) is 0 Å². The molecular weight excluding hydrogens is 421 g/mol. The summed E-state index contributed by atoms with van der Waals surface area (Å²) in [6.45, 7) is 8.70. The molecule has 7 heteroatoms. The predicted octanol–water partition coefficient (Wildman–Crippen LogP) is 5.29. The van der Waals surface area contributed by atoms with Gasteiger partial charge in [-0.1, -0.05) is 17.3 Å². The second-order valence-corrected chi connectivity index (χ2v) is 8.97. The SMILES string of the molecule is Cc1noc(C)c1-c1ccc2c3cc(C(=O)N4C[C@@H](C)O[C@@H](C)C4)ccc3n(CCF)c2c1. The number of amides is 1. The van der Waals surface area contributed by atoms with E-state index in [1.165, 1.54) is 0 Å². The van der Waals surface area contributed by atoms with Crippen molar-refractivity contribution >= 4 is 27.7 Å². The molecule has 1 saturated heterocycles. The quantitative estimate of drug-likeness (QED) is 0.425. The van der Waals surface area contributed by atoms with E-state index >= 15 is 0 Å². The zero-order chi connectivity index (χ0) is 23.3. The van der Waals surface area contributed by atoms with Gasteiger partial charge >= 0.3 is 0 Å². The number of fused-ring (bicyclic) bond motifs is 3. The van der Waals surface area contributed by atoms with Crippen LogP contribution >= 0.6 is 0 Å². The van der Waals surface area contributed by atoms with Crippen molar-refractivity contribution < 1.29 is 18.4 Å². The maximum Gasteiger partial charge on any atom is 0.254 e. The number of aromatic nitrogens is 2. The Balaban J connectivity index is 1.63. The third kappa shape index (κ3) is 3.70. The number of halogens is 1. The Morgan fingerprint density at radius 3 is 2.48 bits per heavy atom. The van der Waals surface area contributed by atoms with Crippen molar-refractivity contribution in [2.45, 2.75) is 46.4 Å². The lowest BCUT2D eigenvalue weighted by Gasteiger charge is -2.35. The van der Waals surface area contributed by atoms with E-state index in [0.717, 1.165) is 44.4 Å². The highest BCUT2D eigenvalue weighted by atomic mass is 19.1. The number of morpholine rings is 1. The maximum absolute atomic E-state index is 13.5. The smallest absolute Gasteiger partial charge is 0.254 e. The topological polar surface area (TPSA) is 60.5 Å². The second kappa shape index (κ2) is 8.30. The molecule has 1 aliphatic heterocycles. The van der Waals surface area contributed by atoms with Crippen molar-refractivity contribution in [3.63, 3.8) is 0 Å². The third-order valence-electron chi connectivity index (χ3n) is 6.45. The van der Waals surface area contributed by atoms with E-state index in [0.29, 0.717) is 18.7 Å². The highest BCUT2D eigenvalue weighted by molar-refractivity contribution is 6.11. The van der Waals surface area contributed by atoms with E-state index in [-0.39, 0.29) is 24.7 Å². The molecular formula is C26H28FN3O3. The van der Waals surface area contributed by atoms with Crippen molar-refractivity contribution in [3.05, 3.63) is 53.4 Å². The number of hydrogen-bond donors (Lipinski definition) is 0. The van der Waals surface area contributed by atoms with Gasteiger partial charge in [0.2, 0.25) is 0 Å². The molecule has 4 aromatic rings. The summed E-state index contributed by atoms with van der Waals surface area (Å²) in [6, 6.07) is 11.9. The summed E-state index contributed by atoms with van der Waals surface area (Å²) >= 11 is 0. The minimum absolute atomic E-state index is 0.00219. The molecule has 0 N–H and O–H groups in total. The number of hydrogen-bond acceptors (Lipinski definition) is 4. The number of rotatable bonds is 4. The molecule has 2 atom stereocenters. The molecule has 5 rings (SSSR count). The van der Waals surface area contributed by atoms with Gasteiger partial charge in [0.05, 0.1) is 24.4 Å². The normalized spacial score (nSPS) is 19.0. The van der Waals surface area contributed by atoms with Crippen molar-refractivity contribution in [1.82, 2.24) is 14.6 Å². The second-order valence-electron chi connectivity index (χ2n) is 8.97. The first-order valence-corrected chi connectivity index (χ1v) is 11.4. The molecule has 2 aromatic carbocycles. The van der Waals surface area contributed by atoms with Crippen LogP contribution in [0.5, 0.6) is 0 Å². The van der Waals surface area contributed by atoms with Crippen LogP contribution in [-0.2, 0) is 11.3 Å². The summed E-state index contributed by atoms with van der Waals surface area (Å²) < 4.78 is 26.6. The summed E-state index contributed by atoms with van der Waals surface area (Å²) in [5.74, 6) is 0.750. The minimum atomic E-state index is -0.474. The van der Waals surface area contributed by atoms with Crippen LogP contribution in [0.3, 0.4) is 0 Å². The molecule has 2 aromatic heterocycles. The number of ether oxygens (including phenoxy) is 1. The van der Waals surface area contributed by atoms with Gasteiger partial charge in [0.15, 0.2) is 0 Å². The van der Waals surface area contributed by atoms with Crippen molar-refractivity contribution in [2.75, 3.05) is 19.8 Å². The predicted molar refractivity (Wildman–Crippen MR) is 126 cm³/mol. The summed E-state index contributed by atoms with van der Waals surface area (Å²) in [5, 5.41) is 6.01. The zero-order valence-corrected chi connectivity index (χ0v) is 19.4. The molecule has 0 radical (unpaired) electrons. The molecule has 0 spiro atoms. The average Bonchev–Trinajstić information content (AvgIpc) is 3.28. The summed E-state index contributed by atoms with van der Waals surface area (Å²) in [5.41, 5.74) is 5.24. The van der Waals surface area contributed by atoms with Gasteiger partial charge in [-0.2, -0.15) is 0 Å². The van der Waals surface area contributed by atoms with Crippen molar-refractivity contribution in [3.8, 4) is 11.1 Å². The van der Waals surface area contributed by atoms with Crippen LogP contribution in [0.4, 0.5) is 4.39 Å². The van der Waals surface area contributed by atoms with Gasteiger partial charge in [0, 0.05) is 46.0 Å². The van der Waals surface area contributed by atoms with Gasteiger partial charge in [-0.05, 0) is 57.5 Å². The number of carbonyl (C=O) groups is 1. The monoisotopic (exact) mass is 449 g/mol.